The maximum atomic E-state index is 11.7. The summed E-state index contributed by atoms with van der Waals surface area (Å²) in [6.45, 7) is 17.1. The van der Waals surface area contributed by atoms with E-state index in [-0.39, 0.29) is 11.9 Å². The van der Waals surface area contributed by atoms with Crippen LogP contribution in [0.5, 0.6) is 0 Å². The number of esters is 2. The van der Waals surface area contributed by atoms with E-state index in [1.54, 1.807) is 0 Å². The highest BCUT2D eigenvalue weighted by molar-refractivity contribution is 5.88. The summed E-state index contributed by atoms with van der Waals surface area (Å²) < 4.78 is 10.6. The van der Waals surface area contributed by atoms with Crippen LogP contribution in [0.1, 0.15) is 113 Å². The molecule has 0 aromatic heterocycles. The van der Waals surface area contributed by atoms with Gasteiger partial charge >= 0.3 is 11.9 Å². The molecule has 0 aromatic carbocycles. The van der Waals surface area contributed by atoms with Crippen molar-refractivity contribution in [1.82, 2.24) is 0 Å². The van der Waals surface area contributed by atoms with Gasteiger partial charge in [-0.05, 0) is 86.0 Å². The first kappa shape index (κ1) is 27.5. The van der Waals surface area contributed by atoms with Crippen LogP contribution in [0.25, 0.3) is 0 Å². The van der Waals surface area contributed by atoms with Crippen LogP contribution in [-0.2, 0) is 19.1 Å². The normalized spacial score (nSPS) is 19.1. The predicted molar refractivity (Wildman–Crippen MR) is 128 cm³/mol. The Morgan fingerprint density at radius 3 is 1.61 bits per heavy atom. The molecule has 2 saturated carbocycles. The number of carbonyl (C=O) groups is 2. The monoisotopic (exact) mass is 434 g/mol. The Labute approximate surface area is 190 Å². The molecule has 0 unspecified atom stereocenters. The Hall–Kier alpha value is -1.58. The number of ether oxygens (including phenoxy) is 2. The first-order chi connectivity index (χ1) is 14.3. The molecule has 2 aliphatic rings. The third-order valence-electron chi connectivity index (χ3n) is 5.62. The zero-order valence-electron chi connectivity index (χ0n) is 21.1. The number of rotatable bonds is 4. The van der Waals surface area contributed by atoms with Gasteiger partial charge in [-0.2, -0.15) is 0 Å². The number of hydrogen-bond donors (Lipinski definition) is 0. The molecule has 178 valence electrons. The Kier molecular flexibility index (Phi) is 11.0. The molecule has 4 heteroatoms. The van der Waals surface area contributed by atoms with Crippen molar-refractivity contribution >= 4 is 11.9 Å². The molecule has 0 N–H and O–H groups in total. The summed E-state index contributed by atoms with van der Waals surface area (Å²) in [5.41, 5.74) is 0.638. The fourth-order valence-corrected chi connectivity index (χ4v) is 4.04. The summed E-state index contributed by atoms with van der Waals surface area (Å²) >= 11 is 0. The van der Waals surface area contributed by atoms with Crippen molar-refractivity contribution in [3.8, 4) is 0 Å². The molecule has 2 fully saturated rings. The molecule has 2 rings (SSSR count). The van der Waals surface area contributed by atoms with Crippen molar-refractivity contribution < 1.29 is 19.1 Å². The SMILES string of the molecule is C=C(C(=O)OC(C)(C)C)C1CCCCC1.CC(=CC1CCCCC1)C(=O)OC(C)(C)C. The Balaban J connectivity index is 0.000000311. The van der Waals surface area contributed by atoms with Gasteiger partial charge in [-0.1, -0.05) is 51.2 Å². The zero-order valence-corrected chi connectivity index (χ0v) is 21.1. The van der Waals surface area contributed by atoms with E-state index in [1.165, 1.54) is 51.4 Å². The molecule has 0 atom stereocenters. The minimum Gasteiger partial charge on any atom is -0.457 e. The van der Waals surface area contributed by atoms with Crippen LogP contribution in [0.15, 0.2) is 23.8 Å². The summed E-state index contributed by atoms with van der Waals surface area (Å²) in [4.78, 5) is 23.5. The Morgan fingerprint density at radius 2 is 1.16 bits per heavy atom. The second-order valence-corrected chi connectivity index (χ2v) is 11.1. The quantitative estimate of drug-likeness (QED) is 0.343. The molecule has 0 spiro atoms. The molecular formula is C27H46O4. The lowest BCUT2D eigenvalue weighted by molar-refractivity contribution is -0.151. The van der Waals surface area contributed by atoms with Gasteiger partial charge in [0.05, 0.1) is 0 Å². The summed E-state index contributed by atoms with van der Waals surface area (Å²) in [7, 11) is 0. The lowest BCUT2D eigenvalue weighted by Gasteiger charge is -2.26. The van der Waals surface area contributed by atoms with Gasteiger partial charge in [0.1, 0.15) is 11.2 Å². The molecular weight excluding hydrogens is 388 g/mol. The summed E-state index contributed by atoms with van der Waals surface area (Å²) in [6.07, 6.45) is 14.4. The van der Waals surface area contributed by atoms with E-state index >= 15 is 0 Å². The lowest BCUT2D eigenvalue weighted by Crippen LogP contribution is -2.27. The highest BCUT2D eigenvalue weighted by atomic mass is 16.6. The Morgan fingerprint density at radius 1 is 0.742 bits per heavy atom. The first-order valence-corrected chi connectivity index (χ1v) is 12.1. The van der Waals surface area contributed by atoms with E-state index < -0.39 is 11.2 Å². The van der Waals surface area contributed by atoms with Gasteiger partial charge in [0.2, 0.25) is 0 Å². The molecule has 0 saturated heterocycles. The average molecular weight is 435 g/mol. The summed E-state index contributed by atoms with van der Waals surface area (Å²) in [5, 5.41) is 0. The molecule has 0 aromatic rings. The van der Waals surface area contributed by atoms with E-state index in [0.717, 1.165) is 18.4 Å². The first-order valence-electron chi connectivity index (χ1n) is 12.1. The average Bonchev–Trinajstić information content (AvgIpc) is 2.66. The van der Waals surface area contributed by atoms with Crippen molar-refractivity contribution in [1.29, 1.82) is 0 Å². The van der Waals surface area contributed by atoms with Crippen molar-refractivity contribution in [2.45, 2.75) is 124 Å². The number of allylic oxidation sites excluding steroid dienone is 1. The number of hydrogen-bond acceptors (Lipinski definition) is 4. The van der Waals surface area contributed by atoms with Gasteiger partial charge in [0.25, 0.3) is 0 Å². The molecule has 0 radical (unpaired) electrons. The molecule has 0 heterocycles. The van der Waals surface area contributed by atoms with Gasteiger partial charge < -0.3 is 9.47 Å². The van der Waals surface area contributed by atoms with Crippen molar-refractivity contribution in [3.63, 3.8) is 0 Å². The van der Waals surface area contributed by atoms with Gasteiger partial charge in [-0.3, -0.25) is 0 Å². The van der Waals surface area contributed by atoms with Gasteiger partial charge in [0, 0.05) is 11.1 Å². The van der Waals surface area contributed by atoms with Crippen LogP contribution in [0.3, 0.4) is 0 Å². The largest absolute Gasteiger partial charge is 0.457 e. The minimum absolute atomic E-state index is 0.168. The van der Waals surface area contributed by atoms with Crippen LogP contribution in [0.2, 0.25) is 0 Å². The summed E-state index contributed by atoms with van der Waals surface area (Å²) in [5.74, 6) is 0.558. The van der Waals surface area contributed by atoms with Crippen LogP contribution in [0, 0.1) is 11.8 Å². The third-order valence-corrected chi connectivity index (χ3v) is 5.62. The van der Waals surface area contributed by atoms with Crippen LogP contribution >= 0.6 is 0 Å². The molecule has 2 aliphatic carbocycles. The fraction of sp³-hybridized carbons (Fsp3) is 0.778. The van der Waals surface area contributed by atoms with Crippen LogP contribution in [0.4, 0.5) is 0 Å². The van der Waals surface area contributed by atoms with E-state index in [2.05, 4.69) is 12.7 Å². The predicted octanol–water partition coefficient (Wildman–Crippen LogP) is 7.32. The Bertz CT molecular complexity index is 619. The van der Waals surface area contributed by atoms with Crippen molar-refractivity contribution in [2.75, 3.05) is 0 Å². The van der Waals surface area contributed by atoms with Crippen molar-refractivity contribution in [2.24, 2.45) is 11.8 Å². The second-order valence-electron chi connectivity index (χ2n) is 11.1. The van der Waals surface area contributed by atoms with E-state index in [0.29, 0.717) is 17.4 Å². The second kappa shape index (κ2) is 12.5. The molecule has 31 heavy (non-hydrogen) atoms. The van der Waals surface area contributed by atoms with Gasteiger partial charge in [-0.25, -0.2) is 9.59 Å². The maximum Gasteiger partial charge on any atom is 0.334 e. The minimum atomic E-state index is -0.408. The van der Waals surface area contributed by atoms with Crippen LogP contribution in [-0.4, -0.2) is 23.1 Å². The van der Waals surface area contributed by atoms with E-state index in [9.17, 15) is 9.59 Å². The smallest absolute Gasteiger partial charge is 0.334 e. The fourth-order valence-electron chi connectivity index (χ4n) is 4.04. The van der Waals surface area contributed by atoms with Gasteiger partial charge in [0.15, 0.2) is 0 Å². The lowest BCUT2D eigenvalue weighted by atomic mass is 9.84. The van der Waals surface area contributed by atoms with Crippen molar-refractivity contribution in [3.05, 3.63) is 23.8 Å². The molecule has 4 nitrogen and oxygen atoms in total. The van der Waals surface area contributed by atoms with E-state index in [4.69, 9.17) is 9.47 Å². The van der Waals surface area contributed by atoms with Gasteiger partial charge in [-0.15, -0.1) is 0 Å². The molecule has 0 bridgehead atoms. The molecule has 0 aliphatic heterocycles. The third kappa shape index (κ3) is 12.1. The topological polar surface area (TPSA) is 52.6 Å². The van der Waals surface area contributed by atoms with E-state index in [1.807, 2.05) is 48.5 Å². The maximum absolute atomic E-state index is 11.7. The zero-order chi connectivity index (χ0) is 23.7. The highest BCUT2D eigenvalue weighted by Crippen LogP contribution is 2.30. The standard InChI is InChI=1S/C14H24O2.C13H22O2/c1-11(13(15)16-14(2,3)4)10-12-8-6-5-7-9-12;1-10(11-8-6-5-7-9-11)12(14)15-13(2,3)4/h10,12H,5-9H2,1-4H3;11H,1,5-9H2,2-4H3. The van der Waals surface area contributed by atoms with Crippen LogP contribution < -0.4 is 0 Å². The number of carbonyl (C=O) groups excluding carboxylic acids is 2. The highest BCUT2D eigenvalue weighted by Gasteiger charge is 2.25. The summed E-state index contributed by atoms with van der Waals surface area (Å²) in [6, 6.07) is 0. The molecule has 0 amide bonds.